The van der Waals surface area contributed by atoms with Crippen molar-refractivity contribution in [1.82, 2.24) is 10.3 Å². The fourth-order valence-electron chi connectivity index (χ4n) is 2.24. The molecule has 124 valence electrons. The molecule has 9 nitrogen and oxygen atoms in total. The lowest BCUT2D eigenvalue weighted by Gasteiger charge is -2.17. The number of carbonyl (C=O) groups excluding carboxylic acids is 1. The Labute approximate surface area is 132 Å². The number of aliphatic hydroxyl groups is 1. The second kappa shape index (κ2) is 7.05. The Hall–Kier alpha value is -2.68. The van der Waals surface area contributed by atoms with Gasteiger partial charge in [-0.2, -0.15) is 5.10 Å². The van der Waals surface area contributed by atoms with Crippen molar-refractivity contribution in [1.29, 1.82) is 0 Å². The molecule has 1 fully saturated rings. The molecule has 1 heterocycles. The number of benzene rings is 1. The molecule has 2 atom stereocenters. The normalized spacial score (nSPS) is 22.2. The Morgan fingerprint density at radius 3 is 2.74 bits per heavy atom. The largest absolute Gasteiger partial charge is 0.444 e. The number of hydrogen-bond donors (Lipinski definition) is 2. The van der Waals surface area contributed by atoms with Crippen molar-refractivity contribution in [3.05, 3.63) is 39.9 Å². The van der Waals surface area contributed by atoms with Crippen LogP contribution in [-0.4, -0.2) is 46.6 Å². The molecule has 1 amide bonds. The van der Waals surface area contributed by atoms with Gasteiger partial charge in [0.25, 0.3) is 5.69 Å². The molecule has 1 aliphatic heterocycles. The van der Waals surface area contributed by atoms with Crippen LogP contribution in [0.5, 0.6) is 0 Å². The maximum absolute atomic E-state index is 12.1. The van der Waals surface area contributed by atoms with E-state index in [-0.39, 0.29) is 24.8 Å². The van der Waals surface area contributed by atoms with Crippen LogP contribution < -0.4 is 5.43 Å². The molecule has 0 saturated carbocycles. The van der Waals surface area contributed by atoms with Crippen molar-refractivity contribution in [2.75, 3.05) is 13.6 Å². The minimum Gasteiger partial charge on any atom is -0.444 e. The number of amides is 1. The van der Waals surface area contributed by atoms with Gasteiger partial charge in [0.2, 0.25) is 0 Å². The summed E-state index contributed by atoms with van der Waals surface area (Å²) in [5.74, 6) is 0.128. The van der Waals surface area contributed by atoms with Crippen LogP contribution in [0.2, 0.25) is 0 Å². The first-order valence-corrected chi connectivity index (χ1v) is 7.04. The maximum atomic E-state index is 12.1. The topological polar surface area (TPSA) is 117 Å². The summed E-state index contributed by atoms with van der Waals surface area (Å²) in [4.78, 5) is 23.5. The van der Waals surface area contributed by atoms with Gasteiger partial charge < -0.3 is 15.3 Å². The van der Waals surface area contributed by atoms with E-state index in [9.17, 15) is 20.0 Å². The molecule has 1 aliphatic rings. The molecular weight excluding hydrogens is 304 g/mol. The summed E-state index contributed by atoms with van der Waals surface area (Å²) in [5.41, 5.74) is 3.20. The van der Waals surface area contributed by atoms with Crippen LogP contribution in [0, 0.1) is 16.0 Å². The van der Waals surface area contributed by atoms with E-state index in [0.717, 1.165) is 0 Å². The summed E-state index contributed by atoms with van der Waals surface area (Å²) in [7, 11) is 1.60. The highest BCUT2D eigenvalue weighted by atomic mass is 16.6. The molecule has 0 spiro atoms. The minimum atomic E-state index is -0.700. The lowest BCUT2D eigenvalue weighted by molar-refractivity contribution is -0.384. The second-order valence-electron chi connectivity index (χ2n) is 5.14. The zero-order valence-corrected chi connectivity index (χ0v) is 12.8. The lowest BCUT2D eigenvalue weighted by Crippen LogP contribution is -2.35. The number of amidine groups is 1. The summed E-state index contributed by atoms with van der Waals surface area (Å²) in [6.07, 6.45) is -1.32. The molecule has 1 saturated heterocycles. The molecular formula is C14H18N4O5. The Morgan fingerprint density at radius 1 is 1.52 bits per heavy atom. The van der Waals surface area contributed by atoms with Gasteiger partial charge >= 0.3 is 6.09 Å². The molecule has 9 heteroatoms. The molecule has 1 aromatic carbocycles. The Morgan fingerprint density at radius 2 is 2.17 bits per heavy atom. The molecule has 1 aromatic rings. The monoisotopic (exact) mass is 322 g/mol. The maximum Gasteiger partial charge on any atom is 0.415 e. The fraction of sp³-hybridized carbons (Fsp3) is 0.429. The van der Waals surface area contributed by atoms with Crippen molar-refractivity contribution in [2.24, 2.45) is 11.0 Å². The Kier molecular flexibility index (Phi) is 5.12. The predicted molar refractivity (Wildman–Crippen MR) is 81.7 cm³/mol. The molecule has 0 bridgehead atoms. The van der Waals surface area contributed by atoms with Gasteiger partial charge in [0.15, 0.2) is 0 Å². The van der Waals surface area contributed by atoms with Gasteiger partial charge in [-0.3, -0.25) is 15.0 Å². The summed E-state index contributed by atoms with van der Waals surface area (Å²) >= 11 is 0. The number of aliphatic hydroxyl groups excluding tert-OH is 1. The zero-order valence-electron chi connectivity index (χ0n) is 12.8. The number of nitrogens with zero attached hydrogens (tertiary/aromatic N) is 3. The summed E-state index contributed by atoms with van der Waals surface area (Å²) in [5, 5.41) is 24.4. The molecule has 0 aromatic heterocycles. The van der Waals surface area contributed by atoms with E-state index in [1.807, 2.05) is 0 Å². The van der Waals surface area contributed by atoms with Crippen molar-refractivity contribution >= 4 is 17.6 Å². The van der Waals surface area contributed by atoms with Crippen molar-refractivity contribution in [3.63, 3.8) is 0 Å². The number of nitro benzene ring substituents is 1. The number of rotatable bonds is 4. The highest BCUT2D eigenvalue weighted by Crippen LogP contribution is 2.21. The van der Waals surface area contributed by atoms with Crippen LogP contribution in [0.4, 0.5) is 10.5 Å². The van der Waals surface area contributed by atoms with Crippen LogP contribution in [0.3, 0.4) is 0 Å². The van der Waals surface area contributed by atoms with Crippen molar-refractivity contribution < 1.29 is 19.6 Å². The van der Waals surface area contributed by atoms with Gasteiger partial charge in [0.1, 0.15) is 12.4 Å². The van der Waals surface area contributed by atoms with E-state index < -0.39 is 17.1 Å². The van der Waals surface area contributed by atoms with Crippen LogP contribution in [0.15, 0.2) is 29.4 Å². The van der Waals surface area contributed by atoms with Gasteiger partial charge in [-0.05, 0) is 17.7 Å². The number of nitro groups is 1. The standard InChI is InChI=1S/C14H18N4O5/c1-9-12(19)7-17(13(9)16-15-2)14(20)23-8-10-3-5-11(6-4-10)18(21)22/h3-6,9,12,15,19H,7-8H2,1-2H3/t9?,12-/m0/s1. The van der Waals surface area contributed by atoms with E-state index in [0.29, 0.717) is 11.4 Å². The van der Waals surface area contributed by atoms with Gasteiger partial charge in [-0.25, -0.2) is 4.79 Å². The van der Waals surface area contributed by atoms with Crippen LogP contribution in [-0.2, 0) is 11.3 Å². The van der Waals surface area contributed by atoms with Crippen molar-refractivity contribution in [3.8, 4) is 0 Å². The number of non-ortho nitro benzene ring substituents is 1. The Bertz CT molecular complexity index is 616. The third kappa shape index (κ3) is 3.75. The van der Waals surface area contributed by atoms with Gasteiger partial charge in [-0.15, -0.1) is 0 Å². The fourth-order valence-corrected chi connectivity index (χ4v) is 2.24. The number of likely N-dealkylation sites (tertiary alicyclic amines) is 1. The van der Waals surface area contributed by atoms with Crippen LogP contribution in [0.25, 0.3) is 0 Å². The smallest absolute Gasteiger partial charge is 0.415 e. The summed E-state index contributed by atoms with van der Waals surface area (Å²) in [6.45, 7) is 1.86. The third-order valence-electron chi connectivity index (χ3n) is 3.59. The van der Waals surface area contributed by atoms with Crippen molar-refractivity contribution in [2.45, 2.75) is 19.6 Å². The lowest BCUT2D eigenvalue weighted by atomic mass is 10.1. The number of hydrazone groups is 1. The average Bonchev–Trinajstić information content (AvgIpc) is 2.82. The minimum absolute atomic E-state index is 0.0232. The van der Waals surface area contributed by atoms with Crippen LogP contribution >= 0.6 is 0 Å². The van der Waals surface area contributed by atoms with E-state index in [1.165, 1.54) is 29.2 Å². The quantitative estimate of drug-likeness (QED) is 0.632. The van der Waals surface area contributed by atoms with Gasteiger partial charge in [0.05, 0.1) is 17.6 Å². The molecule has 0 aliphatic carbocycles. The summed E-state index contributed by atoms with van der Waals surface area (Å²) in [6, 6.07) is 5.74. The predicted octanol–water partition coefficient (Wildman–Crippen LogP) is 1.08. The SMILES string of the molecule is CNN=C1C(C)[C@@H](O)CN1C(=O)OCc1ccc([N+](=O)[O-])cc1. The summed E-state index contributed by atoms with van der Waals surface area (Å²) < 4.78 is 5.18. The molecule has 0 radical (unpaired) electrons. The highest BCUT2D eigenvalue weighted by Gasteiger charge is 2.38. The molecule has 2 N–H and O–H groups in total. The molecule has 23 heavy (non-hydrogen) atoms. The number of carbonyl (C=O) groups is 1. The number of nitrogens with one attached hydrogen (secondary N) is 1. The zero-order chi connectivity index (χ0) is 17.0. The van der Waals surface area contributed by atoms with E-state index in [2.05, 4.69) is 10.5 Å². The number of ether oxygens (including phenoxy) is 1. The van der Waals surface area contributed by atoms with E-state index in [1.54, 1.807) is 14.0 Å². The first-order chi connectivity index (χ1) is 10.9. The van der Waals surface area contributed by atoms with E-state index >= 15 is 0 Å². The second-order valence-corrected chi connectivity index (χ2v) is 5.14. The van der Waals surface area contributed by atoms with Crippen LogP contribution in [0.1, 0.15) is 12.5 Å². The van der Waals surface area contributed by atoms with Gasteiger partial charge in [-0.1, -0.05) is 6.92 Å². The third-order valence-corrected chi connectivity index (χ3v) is 3.59. The Balaban J connectivity index is 1.99. The van der Waals surface area contributed by atoms with E-state index in [4.69, 9.17) is 4.74 Å². The molecule has 1 unspecified atom stereocenters. The first kappa shape index (κ1) is 16.7. The number of β-amino-alcohol motifs (C(OH)–C–C–N with tert-alkyl or cyclic N) is 1. The highest BCUT2D eigenvalue weighted by molar-refractivity contribution is 5.98. The number of hydrogen-bond acceptors (Lipinski definition) is 7. The first-order valence-electron chi connectivity index (χ1n) is 7.04. The average molecular weight is 322 g/mol. The molecule has 2 rings (SSSR count). The van der Waals surface area contributed by atoms with Gasteiger partial charge in [0, 0.05) is 25.1 Å².